The third kappa shape index (κ3) is 4.51. The molecule has 1 aromatic heterocycles. The van der Waals surface area contributed by atoms with E-state index in [1.54, 1.807) is 0 Å². The van der Waals surface area contributed by atoms with Gasteiger partial charge < -0.3 is 9.80 Å². The number of carbonyl (C=O) groups excluding carboxylic acids is 1. The first-order valence-corrected chi connectivity index (χ1v) is 10.5. The van der Waals surface area contributed by atoms with E-state index in [2.05, 4.69) is 21.0 Å². The van der Waals surface area contributed by atoms with Crippen LogP contribution in [0.3, 0.4) is 0 Å². The van der Waals surface area contributed by atoms with Gasteiger partial charge in [0.25, 0.3) is 0 Å². The minimum Gasteiger partial charge on any atom is -0.336 e. The Balaban J connectivity index is 1.54. The van der Waals surface area contributed by atoms with Crippen LogP contribution in [0, 0.1) is 5.41 Å². The highest BCUT2D eigenvalue weighted by atomic mass is 32.2. The van der Waals surface area contributed by atoms with Crippen molar-refractivity contribution in [2.24, 2.45) is 5.41 Å². The van der Waals surface area contributed by atoms with E-state index in [1.165, 1.54) is 44.6 Å². The van der Waals surface area contributed by atoms with Crippen molar-refractivity contribution in [2.75, 3.05) is 38.2 Å². The maximum Gasteiger partial charge on any atom is 0.222 e. The zero-order chi connectivity index (χ0) is 16.8. The maximum atomic E-state index is 12.3. The van der Waals surface area contributed by atoms with Crippen molar-refractivity contribution in [3.63, 3.8) is 0 Å². The molecule has 0 radical (unpaired) electrons. The molecule has 2 aliphatic rings. The normalized spacial score (nSPS) is 21.4. The minimum absolute atomic E-state index is 0.300. The summed E-state index contributed by atoms with van der Waals surface area (Å²) in [6, 6.07) is 5.94. The number of piperidine rings is 2. The number of pyridine rings is 1. The number of nitrogens with zero attached hydrogens (tertiary/aromatic N) is 3. The van der Waals surface area contributed by atoms with E-state index < -0.39 is 0 Å². The molecule has 0 N–H and O–H groups in total. The highest BCUT2D eigenvalue weighted by molar-refractivity contribution is 7.98. The molecule has 132 valence electrons. The van der Waals surface area contributed by atoms with Gasteiger partial charge in [-0.3, -0.25) is 9.78 Å². The van der Waals surface area contributed by atoms with Gasteiger partial charge >= 0.3 is 0 Å². The molecular formula is C19H29N3OS. The van der Waals surface area contributed by atoms with E-state index in [4.69, 9.17) is 0 Å². The van der Waals surface area contributed by atoms with E-state index >= 15 is 0 Å². The van der Waals surface area contributed by atoms with Gasteiger partial charge in [0.15, 0.2) is 0 Å². The molecule has 1 aromatic rings. The molecule has 0 bridgehead atoms. The zero-order valence-electron chi connectivity index (χ0n) is 14.7. The number of hydrogen-bond donors (Lipinski definition) is 0. The molecule has 3 rings (SSSR count). The summed E-state index contributed by atoms with van der Waals surface area (Å²) in [7, 11) is 0. The summed E-state index contributed by atoms with van der Waals surface area (Å²) >= 11 is 1.94. The molecule has 1 spiro atoms. The van der Waals surface area contributed by atoms with Crippen molar-refractivity contribution in [1.29, 1.82) is 0 Å². The molecule has 24 heavy (non-hydrogen) atoms. The number of rotatable bonds is 6. The van der Waals surface area contributed by atoms with Crippen molar-refractivity contribution >= 4 is 17.7 Å². The number of carbonyl (C=O) groups is 1. The number of thioether (sulfide) groups is 1. The molecule has 2 fully saturated rings. The van der Waals surface area contributed by atoms with Crippen molar-refractivity contribution < 1.29 is 4.79 Å². The van der Waals surface area contributed by atoms with Crippen LogP contribution < -0.4 is 0 Å². The lowest BCUT2D eigenvalue weighted by Gasteiger charge is -2.47. The Labute approximate surface area is 150 Å². The van der Waals surface area contributed by atoms with Gasteiger partial charge in [-0.2, -0.15) is 11.8 Å². The van der Waals surface area contributed by atoms with Crippen LogP contribution in [0.1, 0.15) is 37.8 Å². The molecule has 3 heterocycles. The molecule has 2 saturated heterocycles. The molecule has 0 atom stereocenters. The average molecular weight is 348 g/mol. The third-order valence-electron chi connectivity index (χ3n) is 5.57. The minimum atomic E-state index is 0.300. The summed E-state index contributed by atoms with van der Waals surface area (Å²) in [6.45, 7) is 5.20. The Hall–Kier alpha value is -1.07. The van der Waals surface area contributed by atoms with Crippen LogP contribution in [0.15, 0.2) is 24.4 Å². The van der Waals surface area contributed by atoms with Crippen LogP contribution in [0.25, 0.3) is 0 Å². The second kappa shape index (κ2) is 8.34. The van der Waals surface area contributed by atoms with Crippen LogP contribution >= 0.6 is 11.8 Å². The predicted octanol–water partition coefficient (Wildman–Crippen LogP) is 3.04. The Kier molecular flexibility index (Phi) is 6.17. The van der Waals surface area contributed by atoms with Crippen LogP contribution in [-0.4, -0.2) is 58.9 Å². The summed E-state index contributed by atoms with van der Waals surface area (Å²) < 4.78 is 0. The van der Waals surface area contributed by atoms with Gasteiger partial charge in [0, 0.05) is 19.2 Å². The highest BCUT2D eigenvalue weighted by Crippen LogP contribution is 2.40. The number of aromatic nitrogens is 1. The molecule has 0 saturated carbocycles. The molecule has 2 aliphatic heterocycles. The van der Waals surface area contributed by atoms with Crippen LogP contribution in [-0.2, 0) is 11.3 Å². The van der Waals surface area contributed by atoms with Crippen molar-refractivity contribution in [1.82, 2.24) is 14.8 Å². The van der Waals surface area contributed by atoms with Gasteiger partial charge in [-0.05, 0) is 74.9 Å². The number of amides is 1. The summed E-state index contributed by atoms with van der Waals surface area (Å²) in [5.41, 5.74) is 1.34. The summed E-state index contributed by atoms with van der Waals surface area (Å²) in [6.07, 6.45) is 9.53. The largest absolute Gasteiger partial charge is 0.336 e. The first-order valence-electron chi connectivity index (χ1n) is 9.10. The summed E-state index contributed by atoms with van der Waals surface area (Å²) in [4.78, 5) is 21.4. The number of likely N-dealkylation sites (tertiary alicyclic amines) is 2. The van der Waals surface area contributed by atoms with Gasteiger partial charge in [0.2, 0.25) is 5.91 Å². The SMILES string of the molecule is CSCCCN1CCC2(CCC(=O)N(Cc3ccccn3)C2)CC1. The lowest BCUT2D eigenvalue weighted by atomic mass is 9.72. The zero-order valence-corrected chi connectivity index (χ0v) is 15.6. The Morgan fingerprint density at radius 3 is 2.79 bits per heavy atom. The first-order chi connectivity index (χ1) is 11.7. The molecule has 4 nitrogen and oxygen atoms in total. The first kappa shape index (κ1) is 17.7. The highest BCUT2D eigenvalue weighted by Gasteiger charge is 2.40. The Morgan fingerprint density at radius 2 is 2.08 bits per heavy atom. The van der Waals surface area contributed by atoms with E-state index in [9.17, 15) is 4.79 Å². The van der Waals surface area contributed by atoms with Crippen molar-refractivity contribution in [3.05, 3.63) is 30.1 Å². The van der Waals surface area contributed by atoms with Crippen LogP contribution in [0.4, 0.5) is 0 Å². The van der Waals surface area contributed by atoms with E-state index in [1.807, 2.05) is 36.2 Å². The molecule has 5 heteroatoms. The summed E-state index contributed by atoms with van der Waals surface area (Å²) in [5.74, 6) is 1.56. The molecule has 0 unspecified atom stereocenters. The summed E-state index contributed by atoms with van der Waals surface area (Å²) in [5, 5.41) is 0. The second-order valence-electron chi connectivity index (χ2n) is 7.26. The fourth-order valence-electron chi connectivity index (χ4n) is 4.03. The Morgan fingerprint density at radius 1 is 1.25 bits per heavy atom. The monoisotopic (exact) mass is 347 g/mol. The molecule has 1 amide bonds. The molecule has 0 aromatic carbocycles. The average Bonchev–Trinajstić information content (AvgIpc) is 2.61. The van der Waals surface area contributed by atoms with Crippen LogP contribution in [0.5, 0.6) is 0 Å². The van der Waals surface area contributed by atoms with Gasteiger partial charge in [0.1, 0.15) is 0 Å². The Bertz CT molecular complexity index is 529. The van der Waals surface area contributed by atoms with E-state index in [0.717, 1.165) is 18.7 Å². The standard InChI is InChI=1S/C19H29N3OS/c1-24-14-4-11-21-12-8-19(9-13-21)7-6-18(23)22(16-19)15-17-5-2-3-10-20-17/h2-3,5,10H,4,6-9,11-16H2,1H3. The molecule has 0 aliphatic carbocycles. The predicted molar refractivity (Wildman–Crippen MR) is 100.0 cm³/mol. The quantitative estimate of drug-likeness (QED) is 0.741. The van der Waals surface area contributed by atoms with Crippen molar-refractivity contribution in [3.8, 4) is 0 Å². The van der Waals surface area contributed by atoms with Gasteiger partial charge in [-0.1, -0.05) is 6.07 Å². The maximum absolute atomic E-state index is 12.3. The van der Waals surface area contributed by atoms with Crippen molar-refractivity contribution in [2.45, 2.75) is 38.6 Å². The molecular weight excluding hydrogens is 318 g/mol. The second-order valence-corrected chi connectivity index (χ2v) is 8.24. The van der Waals surface area contributed by atoms with E-state index in [-0.39, 0.29) is 0 Å². The fraction of sp³-hybridized carbons (Fsp3) is 0.684. The topological polar surface area (TPSA) is 36.4 Å². The lowest BCUT2D eigenvalue weighted by molar-refractivity contribution is -0.140. The van der Waals surface area contributed by atoms with Gasteiger partial charge in [0.05, 0.1) is 12.2 Å². The number of hydrogen-bond acceptors (Lipinski definition) is 4. The lowest BCUT2D eigenvalue weighted by Crippen LogP contribution is -2.51. The van der Waals surface area contributed by atoms with Gasteiger partial charge in [-0.15, -0.1) is 0 Å². The van der Waals surface area contributed by atoms with Crippen LogP contribution in [0.2, 0.25) is 0 Å². The smallest absolute Gasteiger partial charge is 0.222 e. The fourth-order valence-corrected chi connectivity index (χ4v) is 4.44. The third-order valence-corrected chi connectivity index (χ3v) is 6.26. The van der Waals surface area contributed by atoms with Gasteiger partial charge in [-0.25, -0.2) is 0 Å². The van der Waals surface area contributed by atoms with E-state index in [0.29, 0.717) is 24.3 Å².